The molecular formula is C16H22O4. The van der Waals surface area contributed by atoms with Gasteiger partial charge in [-0.05, 0) is 50.5 Å². The molecule has 1 unspecified atom stereocenters. The highest BCUT2D eigenvalue weighted by Gasteiger charge is 2.19. The van der Waals surface area contributed by atoms with E-state index in [0.29, 0.717) is 37.1 Å². The second-order valence-electron chi connectivity index (χ2n) is 4.57. The predicted molar refractivity (Wildman–Crippen MR) is 77.0 cm³/mol. The van der Waals surface area contributed by atoms with Crippen molar-refractivity contribution in [2.75, 3.05) is 19.8 Å². The summed E-state index contributed by atoms with van der Waals surface area (Å²) < 4.78 is 16.6. The van der Waals surface area contributed by atoms with Crippen LogP contribution < -0.4 is 9.47 Å². The molecule has 2 rings (SSSR count). The van der Waals surface area contributed by atoms with Crippen LogP contribution in [0.1, 0.15) is 38.4 Å². The summed E-state index contributed by atoms with van der Waals surface area (Å²) in [4.78, 5) is 0. The average Bonchev–Trinajstić information content (AvgIpc) is 2.50. The number of hydrogen-bond acceptors (Lipinski definition) is 4. The number of ether oxygens (including phenoxy) is 3. The Morgan fingerprint density at radius 1 is 1.20 bits per heavy atom. The van der Waals surface area contributed by atoms with E-state index in [0.717, 1.165) is 18.4 Å². The van der Waals surface area contributed by atoms with Gasteiger partial charge in [-0.15, -0.1) is 0 Å². The molecule has 1 aliphatic rings. The third kappa shape index (κ3) is 3.45. The lowest BCUT2D eigenvalue weighted by Gasteiger charge is -2.21. The fourth-order valence-electron chi connectivity index (χ4n) is 2.17. The minimum Gasteiger partial charge on any atom is -0.495 e. The number of benzene rings is 1. The Morgan fingerprint density at radius 2 is 1.95 bits per heavy atom. The summed E-state index contributed by atoms with van der Waals surface area (Å²) in [5.41, 5.74) is 0.755. The number of allylic oxidation sites excluding steroid dienone is 1. The van der Waals surface area contributed by atoms with Crippen molar-refractivity contribution in [2.24, 2.45) is 0 Å². The zero-order chi connectivity index (χ0) is 14.4. The molecule has 1 aromatic rings. The first kappa shape index (κ1) is 14.7. The van der Waals surface area contributed by atoms with Crippen LogP contribution >= 0.6 is 0 Å². The maximum Gasteiger partial charge on any atom is 0.161 e. The van der Waals surface area contributed by atoms with Crippen molar-refractivity contribution in [3.05, 3.63) is 35.6 Å². The summed E-state index contributed by atoms with van der Waals surface area (Å²) in [7, 11) is 0. The Morgan fingerprint density at radius 3 is 2.60 bits per heavy atom. The van der Waals surface area contributed by atoms with Gasteiger partial charge in [0.05, 0.1) is 19.8 Å². The van der Waals surface area contributed by atoms with Crippen molar-refractivity contribution < 1.29 is 19.3 Å². The zero-order valence-corrected chi connectivity index (χ0v) is 12.1. The predicted octanol–water partition coefficient (Wildman–Crippen LogP) is 3.21. The first-order chi connectivity index (χ1) is 9.76. The van der Waals surface area contributed by atoms with Gasteiger partial charge in [0.25, 0.3) is 0 Å². The van der Waals surface area contributed by atoms with Gasteiger partial charge in [-0.1, -0.05) is 6.07 Å². The highest BCUT2D eigenvalue weighted by Crippen LogP contribution is 2.33. The third-order valence-corrected chi connectivity index (χ3v) is 3.12. The molecule has 0 saturated heterocycles. The highest BCUT2D eigenvalue weighted by atomic mass is 16.5. The lowest BCUT2D eigenvalue weighted by Crippen LogP contribution is -2.10. The lowest BCUT2D eigenvalue weighted by atomic mass is 10.0. The average molecular weight is 278 g/mol. The minimum absolute atomic E-state index is 0.554. The maximum atomic E-state index is 10.4. The van der Waals surface area contributed by atoms with Gasteiger partial charge < -0.3 is 19.3 Å². The third-order valence-electron chi connectivity index (χ3n) is 3.12. The molecule has 1 N–H and O–H groups in total. The minimum atomic E-state index is -0.745. The molecule has 1 heterocycles. The molecule has 1 aliphatic heterocycles. The van der Waals surface area contributed by atoms with E-state index in [1.165, 1.54) is 0 Å². The van der Waals surface area contributed by atoms with Crippen LogP contribution in [-0.4, -0.2) is 24.9 Å². The molecule has 1 atom stereocenters. The summed E-state index contributed by atoms with van der Waals surface area (Å²) >= 11 is 0. The molecule has 0 fully saturated rings. The smallest absolute Gasteiger partial charge is 0.161 e. The first-order valence-corrected chi connectivity index (χ1v) is 7.16. The van der Waals surface area contributed by atoms with E-state index in [1.807, 2.05) is 38.1 Å². The molecule has 110 valence electrons. The van der Waals surface area contributed by atoms with E-state index < -0.39 is 6.10 Å². The van der Waals surface area contributed by atoms with Gasteiger partial charge in [-0.3, -0.25) is 0 Å². The lowest BCUT2D eigenvalue weighted by molar-refractivity contribution is 0.0915. The number of aliphatic hydroxyl groups excluding tert-OH is 1. The summed E-state index contributed by atoms with van der Waals surface area (Å²) in [6, 6.07) is 5.49. The van der Waals surface area contributed by atoms with E-state index in [-0.39, 0.29) is 0 Å². The van der Waals surface area contributed by atoms with Crippen LogP contribution in [0.5, 0.6) is 11.5 Å². The Labute approximate surface area is 120 Å². The Kier molecular flexibility index (Phi) is 5.30. The van der Waals surface area contributed by atoms with Crippen molar-refractivity contribution in [1.29, 1.82) is 0 Å². The van der Waals surface area contributed by atoms with E-state index >= 15 is 0 Å². The van der Waals surface area contributed by atoms with Crippen molar-refractivity contribution >= 4 is 0 Å². The number of hydrogen-bond donors (Lipinski definition) is 1. The molecule has 0 aromatic heterocycles. The standard InChI is InChI=1S/C16H22O4/c1-3-18-13-9-8-12(11-15(13)19-4-2)16(17)14-7-5-6-10-20-14/h7-9,11,16-17H,3-6,10H2,1-2H3. The first-order valence-electron chi connectivity index (χ1n) is 7.16. The molecule has 20 heavy (non-hydrogen) atoms. The van der Waals surface area contributed by atoms with Crippen molar-refractivity contribution in [1.82, 2.24) is 0 Å². The van der Waals surface area contributed by atoms with E-state index in [1.54, 1.807) is 0 Å². The van der Waals surface area contributed by atoms with Crippen LogP contribution in [0, 0.1) is 0 Å². The Hall–Kier alpha value is -1.68. The molecule has 4 nitrogen and oxygen atoms in total. The maximum absolute atomic E-state index is 10.4. The molecule has 0 amide bonds. The number of rotatable bonds is 6. The SMILES string of the molecule is CCOc1ccc(C(O)C2=CCCCO2)cc1OCC. The molecule has 0 radical (unpaired) electrons. The van der Waals surface area contributed by atoms with Gasteiger partial charge in [0.15, 0.2) is 11.5 Å². The fourth-order valence-corrected chi connectivity index (χ4v) is 2.17. The van der Waals surface area contributed by atoms with Crippen molar-refractivity contribution in [2.45, 2.75) is 32.8 Å². The van der Waals surface area contributed by atoms with E-state index in [4.69, 9.17) is 14.2 Å². The van der Waals surface area contributed by atoms with Crippen molar-refractivity contribution in [3.63, 3.8) is 0 Å². The summed E-state index contributed by atoms with van der Waals surface area (Å²) in [6.45, 7) is 5.65. The Balaban J connectivity index is 2.22. The summed E-state index contributed by atoms with van der Waals surface area (Å²) in [5, 5.41) is 10.4. The second kappa shape index (κ2) is 7.20. The molecule has 0 bridgehead atoms. The monoisotopic (exact) mass is 278 g/mol. The molecule has 0 aliphatic carbocycles. The van der Waals surface area contributed by atoms with Gasteiger partial charge in [0, 0.05) is 0 Å². The van der Waals surface area contributed by atoms with Crippen LogP contribution in [0.15, 0.2) is 30.0 Å². The van der Waals surface area contributed by atoms with Crippen LogP contribution in [0.2, 0.25) is 0 Å². The van der Waals surface area contributed by atoms with E-state index in [9.17, 15) is 5.11 Å². The summed E-state index contributed by atoms with van der Waals surface area (Å²) in [5.74, 6) is 1.98. The van der Waals surface area contributed by atoms with Crippen LogP contribution in [0.25, 0.3) is 0 Å². The van der Waals surface area contributed by atoms with Gasteiger partial charge in [0.1, 0.15) is 11.9 Å². The normalized spacial score (nSPS) is 16.1. The van der Waals surface area contributed by atoms with Crippen LogP contribution in [-0.2, 0) is 4.74 Å². The van der Waals surface area contributed by atoms with Crippen LogP contribution in [0.3, 0.4) is 0 Å². The van der Waals surface area contributed by atoms with Crippen LogP contribution in [0.4, 0.5) is 0 Å². The molecule has 0 spiro atoms. The Bertz CT molecular complexity index is 468. The van der Waals surface area contributed by atoms with E-state index in [2.05, 4.69) is 0 Å². The highest BCUT2D eigenvalue weighted by molar-refractivity contribution is 5.44. The van der Waals surface area contributed by atoms with Gasteiger partial charge >= 0.3 is 0 Å². The second-order valence-corrected chi connectivity index (χ2v) is 4.57. The van der Waals surface area contributed by atoms with Gasteiger partial charge in [-0.2, -0.15) is 0 Å². The van der Waals surface area contributed by atoms with Gasteiger partial charge in [-0.25, -0.2) is 0 Å². The zero-order valence-electron chi connectivity index (χ0n) is 12.1. The molecule has 4 heteroatoms. The van der Waals surface area contributed by atoms with Crippen molar-refractivity contribution in [3.8, 4) is 11.5 Å². The fraction of sp³-hybridized carbons (Fsp3) is 0.500. The number of aliphatic hydroxyl groups is 1. The largest absolute Gasteiger partial charge is 0.495 e. The summed E-state index contributed by atoms with van der Waals surface area (Å²) in [6.07, 6.45) is 3.15. The quantitative estimate of drug-likeness (QED) is 0.868. The molecular weight excluding hydrogens is 256 g/mol. The molecule has 0 saturated carbocycles. The van der Waals surface area contributed by atoms with Gasteiger partial charge in [0.2, 0.25) is 0 Å². The topological polar surface area (TPSA) is 47.9 Å². The molecule has 1 aromatic carbocycles.